The van der Waals surface area contributed by atoms with Crippen molar-refractivity contribution < 1.29 is 14.7 Å². The van der Waals surface area contributed by atoms with E-state index in [2.05, 4.69) is 20.8 Å². The molecule has 0 saturated carbocycles. The predicted molar refractivity (Wildman–Crippen MR) is 93.9 cm³/mol. The zero-order valence-electron chi connectivity index (χ0n) is 14.5. The molecule has 2 rings (SSSR count). The van der Waals surface area contributed by atoms with Gasteiger partial charge in [-0.3, -0.25) is 14.5 Å². The number of hydrogen-bond donors (Lipinski definition) is 1. The van der Waals surface area contributed by atoms with Gasteiger partial charge in [-0.1, -0.05) is 50.6 Å². The van der Waals surface area contributed by atoms with Crippen molar-refractivity contribution in [1.82, 2.24) is 9.80 Å². The molecule has 1 heterocycles. The molecule has 1 fully saturated rings. The normalized spacial score (nSPS) is 19.6. The molecule has 1 unspecified atom stereocenters. The highest BCUT2D eigenvalue weighted by Crippen LogP contribution is 2.24. The molecule has 6 heteroatoms. The summed E-state index contributed by atoms with van der Waals surface area (Å²) in [5, 5.41) is 9.82. The van der Waals surface area contributed by atoms with Crippen LogP contribution in [0.15, 0.2) is 24.3 Å². The summed E-state index contributed by atoms with van der Waals surface area (Å²) >= 11 is 6.19. The number of carbonyl (C=O) groups excluding carboxylic acids is 1. The minimum Gasteiger partial charge on any atom is -0.481 e. The van der Waals surface area contributed by atoms with Gasteiger partial charge in [0, 0.05) is 31.2 Å². The molecule has 1 aliphatic heterocycles. The van der Waals surface area contributed by atoms with Crippen LogP contribution < -0.4 is 0 Å². The van der Waals surface area contributed by atoms with E-state index in [0.29, 0.717) is 31.2 Å². The van der Waals surface area contributed by atoms with E-state index in [1.165, 1.54) is 0 Å². The van der Waals surface area contributed by atoms with Crippen molar-refractivity contribution in [3.63, 3.8) is 0 Å². The van der Waals surface area contributed by atoms with E-state index in [0.717, 1.165) is 5.56 Å². The minimum atomic E-state index is -0.952. The lowest BCUT2D eigenvalue weighted by molar-refractivity contribution is -0.150. The summed E-state index contributed by atoms with van der Waals surface area (Å²) in [6.45, 7) is 8.62. The standard InChI is InChI=1S/C18H25ClN2O3/c1-18(2,3)12-21-9-8-20(17(24)15(21)10-16(22)23)11-13-6-4-5-7-14(13)19/h4-7,15H,8-12H2,1-3H3,(H,22,23). The zero-order chi connectivity index (χ0) is 17.9. The van der Waals surface area contributed by atoms with Gasteiger partial charge >= 0.3 is 5.97 Å². The van der Waals surface area contributed by atoms with Gasteiger partial charge in [0.1, 0.15) is 0 Å². The van der Waals surface area contributed by atoms with Gasteiger partial charge in [0.05, 0.1) is 12.5 Å². The Hall–Kier alpha value is -1.59. The highest BCUT2D eigenvalue weighted by atomic mass is 35.5. The monoisotopic (exact) mass is 352 g/mol. The third-order valence-electron chi connectivity index (χ3n) is 4.06. The first kappa shape index (κ1) is 18.7. The number of piperazine rings is 1. The number of nitrogens with zero attached hydrogens (tertiary/aromatic N) is 2. The highest BCUT2D eigenvalue weighted by Gasteiger charge is 2.37. The number of hydrogen-bond acceptors (Lipinski definition) is 3. The Labute approximate surface area is 148 Å². The molecule has 0 aromatic heterocycles. The van der Waals surface area contributed by atoms with Gasteiger partial charge < -0.3 is 10.0 Å². The van der Waals surface area contributed by atoms with Crippen molar-refractivity contribution >= 4 is 23.5 Å². The van der Waals surface area contributed by atoms with Gasteiger partial charge in [-0.2, -0.15) is 0 Å². The number of carbonyl (C=O) groups is 2. The largest absolute Gasteiger partial charge is 0.481 e. The maximum absolute atomic E-state index is 12.9. The SMILES string of the molecule is CC(C)(C)CN1CCN(Cc2ccccc2Cl)C(=O)C1CC(=O)O. The molecule has 132 valence electrons. The van der Waals surface area contributed by atoms with E-state index >= 15 is 0 Å². The van der Waals surface area contributed by atoms with Crippen molar-refractivity contribution in [3.8, 4) is 0 Å². The molecule has 1 atom stereocenters. The number of halogens is 1. The lowest BCUT2D eigenvalue weighted by atomic mass is 9.93. The predicted octanol–water partition coefficient (Wildman–Crippen LogP) is 2.87. The Balaban J connectivity index is 2.16. The van der Waals surface area contributed by atoms with Gasteiger partial charge in [-0.25, -0.2) is 0 Å². The summed E-state index contributed by atoms with van der Waals surface area (Å²) in [7, 11) is 0. The Kier molecular flexibility index (Phi) is 5.88. The summed E-state index contributed by atoms with van der Waals surface area (Å²) in [6.07, 6.45) is -0.173. The number of amides is 1. The zero-order valence-corrected chi connectivity index (χ0v) is 15.2. The Morgan fingerprint density at radius 3 is 2.54 bits per heavy atom. The van der Waals surface area contributed by atoms with Crippen molar-refractivity contribution in [2.24, 2.45) is 5.41 Å². The fraction of sp³-hybridized carbons (Fsp3) is 0.556. The maximum Gasteiger partial charge on any atom is 0.305 e. The van der Waals surface area contributed by atoms with E-state index in [-0.39, 0.29) is 17.7 Å². The molecule has 1 N–H and O–H groups in total. The van der Waals surface area contributed by atoms with Crippen LogP contribution in [0.1, 0.15) is 32.8 Å². The number of carboxylic acids is 1. The van der Waals surface area contributed by atoms with Crippen LogP contribution >= 0.6 is 11.6 Å². The molecule has 1 aromatic carbocycles. The molecule has 1 aliphatic rings. The molecular formula is C18H25ClN2O3. The first-order valence-corrected chi connectivity index (χ1v) is 8.53. The van der Waals surface area contributed by atoms with Gasteiger partial charge in [-0.15, -0.1) is 0 Å². The van der Waals surface area contributed by atoms with Crippen molar-refractivity contribution in [1.29, 1.82) is 0 Å². The van der Waals surface area contributed by atoms with E-state index < -0.39 is 12.0 Å². The van der Waals surface area contributed by atoms with Crippen LogP contribution in [0.2, 0.25) is 5.02 Å². The maximum atomic E-state index is 12.9. The van der Waals surface area contributed by atoms with Gasteiger partial charge in [-0.05, 0) is 17.0 Å². The van der Waals surface area contributed by atoms with E-state index in [4.69, 9.17) is 11.6 Å². The summed E-state index contributed by atoms with van der Waals surface area (Å²) in [5.74, 6) is -1.08. The molecule has 0 aliphatic carbocycles. The molecule has 1 amide bonds. The Morgan fingerprint density at radius 1 is 1.29 bits per heavy atom. The number of aliphatic carboxylic acids is 1. The van der Waals surface area contributed by atoms with Gasteiger partial charge in [0.25, 0.3) is 0 Å². The van der Waals surface area contributed by atoms with Crippen LogP contribution in [0, 0.1) is 5.41 Å². The third kappa shape index (κ3) is 4.95. The molecule has 24 heavy (non-hydrogen) atoms. The van der Waals surface area contributed by atoms with Crippen LogP contribution in [-0.2, 0) is 16.1 Å². The number of benzene rings is 1. The molecular weight excluding hydrogens is 328 g/mol. The van der Waals surface area contributed by atoms with Crippen molar-refractivity contribution in [2.45, 2.75) is 39.8 Å². The van der Waals surface area contributed by atoms with Crippen LogP contribution in [0.25, 0.3) is 0 Å². The van der Waals surface area contributed by atoms with Crippen LogP contribution in [0.3, 0.4) is 0 Å². The van der Waals surface area contributed by atoms with Crippen molar-refractivity contribution in [2.75, 3.05) is 19.6 Å². The van der Waals surface area contributed by atoms with Crippen LogP contribution in [0.5, 0.6) is 0 Å². The number of carboxylic acid groups (broad SMARTS) is 1. The summed E-state index contributed by atoms with van der Waals surface area (Å²) in [6, 6.07) is 6.81. The fourth-order valence-electron chi connectivity index (χ4n) is 3.05. The molecule has 5 nitrogen and oxygen atoms in total. The van der Waals surface area contributed by atoms with Crippen LogP contribution in [-0.4, -0.2) is 52.5 Å². The fourth-order valence-corrected chi connectivity index (χ4v) is 3.25. The minimum absolute atomic E-state index is 0.00193. The topological polar surface area (TPSA) is 60.9 Å². The second kappa shape index (κ2) is 7.53. The molecule has 1 aromatic rings. The first-order chi connectivity index (χ1) is 11.2. The third-order valence-corrected chi connectivity index (χ3v) is 4.43. The summed E-state index contributed by atoms with van der Waals surface area (Å²) in [4.78, 5) is 27.8. The van der Waals surface area contributed by atoms with E-state index in [9.17, 15) is 14.7 Å². The van der Waals surface area contributed by atoms with E-state index in [1.54, 1.807) is 11.0 Å². The number of rotatable bonds is 5. The van der Waals surface area contributed by atoms with Gasteiger partial charge in [0.15, 0.2) is 0 Å². The Bertz CT molecular complexity index is 613. The molecule has 0 radical (unpaired) electrons. The molecule has 0 spiro atoms. The van der Waals surface area contributed by atoms with Crippen LogP contribution in [0.4, 0.5) is 0 Å². The van der Waals surface area contributed by atoms with Crippen molar-refractivity contribution in [3.05, 3.63) is 34.9 Å². The average Bonchev–Trinajstić information content (AvgIpc) is 2.46. The van der Waals surface area contributed by atoms with E-state index in [1.807, 2.05) is 23.1 Å². The second-order valence-corrected chi connectivity index (χ2v) is 7.90. The lowest BCUT2D eigenvalue weighted by Crippen LogP contribution is -2.58. The quantitative estimate of drug-likeness (QED) is 0.885. The lowest BCUT2D eigenvalue weighted by Gasteiger charge is -2.42. The smallest absolute Gasteiger partial charge is 0.305 e. The first-order valence-electron chi connectivity index (χ1n) is 8.15. The molecule has 0 bridgehead atoms. The highest BCUT2D eigenvalue weighted by molar-refractivity contribution is 6.31. The average molecular weight is 353 g/mol. The molecule has 1 saturated heterocycles. The second-order valence-electron chi connectivity index (χ2n) is 7.50. The Morgan fingerprint density at radius 2 is 1.96 bits per heavy atom. The summed E-state index contributed by atoms with van der Waals surface area (Å²) < 4.78 is 0. The summed E-state index contributed by atoms with van der Waals surface area (Å²) in [5.41, 5.74) is 0.882. The van der Waals surface area contributed by atoms with Gasteiger partial charge in [0.2, 0.25) is 5.91 Å².